The molecule has 0 saturated heterocycles. The van der Waals surface area contributed by atoms with E-state index < -0.39 is 0 Å². The topological polar surface area (TPSA) is 0 Å². The molecular formula is C5H7Ge. The number of rotatable bonds is 1. The molecule has 0 nitrogen and oxygen atoms in total. The minimum atomic E-state index is 2.00. The van der Waals surface area contributed by atoms with Crippen LogP contribution in [0, 0.1) is 0 Å². The Morgan fingerprint density at radius 3 is 2.17 bits per heavy atom. The van der Waals surface area contributed by atoms with Crippen LogP contribution in [0.1, 0.15) is 6.92 Å². The Hall–Kier alpha value is 0.0229. The Bertz CT molecular complexity index is 52.3. The minimum absolute atomic E-state index is 2.00. The average Bonchev–Trinajstić information content (AvgIpc) is 1.61. The van der Waals surface area contributed by atoms with E-state index in [1.54, 1.807) is 0 Å². The van der Waals surface area contributed by atoms with Crippen molar-refractivity contribution in [3.63, 3.8) is 0 Å². The molecule has 0 amide bonds. The van der Waals surface area contributed by atoms with Crippen LogP contribution in [0.5, 0.6) is 0 Å². The van der Waals surface area contributed by atoms with Crippen molar-refractivity contribution in [1.29, 1.82) is 0 Å². The molecule has 0 spiro atoms. The Kier molecular flexibility index (Phi) is 5.04. The van der Waals surface area contributed by atoms with Gasteiger partial charge in [0.15, 0.2) is 0 Å². The van der Waals surface area contributed by atoms with Crippen molar-refractivity contribution >= 4 is 16.5 Å². The van der Waals surface area contributed by atoms with Crippen molar-refractivity contribution in [3.05, 3.63) is 23.1 Å². The first-order valence-electron chi connectivity index (χ1n) is 1.87. The molecule has 0 aromatic carbocycles. The zero-order valence-electron chi connectivity index (χ0n) is 3.81. The molecule has 6 heavy (non-hydrogen) atoms. The van der Waals surface area contributed by atoms with Crippen LogP contribution in [-0.4, -0.2) is 16.5 Å². The standard InChI is InChI=1S/C5H7Ge/c1-2-3-4-5-6/h2-5H,1H3. The summed E-state index contributed by atoms with van der Waals surface area (Å²) in [5, 5.41) is 0. The van der Waals surface area contributed by atoms with E-state index in [9.17, 15) is 0 Å². The zero-order chi connectivity index (χ0) is 4.83. The van der Waals surface area contributed by atoms with Crippen LogP contribution < -0.4 is 0 Å². The van der Waals surface area contributed by atoms with Gasteiger partial charge in [-0.15, -0.1) is 0 Å². The number of hydrogen-bond donors (Lipinski definition) is 0. The van der Waals surface area contributed by atoms with Gasteiger partial charge < -0.3 is 0 Å². The van der Waals surface area contributed by atoms with Gasteiger partial charge in [-0.2, -0.15) is 0 Å². The van der Waals surface area contributed by atoms with Gasteiger partial charge in [0, 0.05) is 0 Å². The van der Waals surface area contributed by atoms with E-state index in [-0.39, 0.29) is 0 Å². The van der Waals surface area contributed by atoms with Gasteiger partial charge in [-0.1, -0.05) is 0 Å². The van der Waals surface area contributed by atoms with E-state index >= 15 is 0 Å². The first kappa shape index (κ1) is 6.02. The third-order valence-corrected chi connectivity index (χ3v) is 0.804. The Morgan fingerprint density at radius 2 is 2.00 bits per heavy atom. The van der Waals surface area contributed by atoms with Crippen molar-refractivity contribution < 1.29 is 0 Å². The van der Waals surface area contributed by atoms with Crippen LogP contribution >= 0.6 is 0 Å². The fourth-order valence-corrected chi connectivity index (χ4v) is 0.400. The second-order valence-electron chi connectivity index (χ2n) is 0.885. The Labute approximate surface area is 47.2 Å². The van der Waals surface area contributed by atoms with Gasteiger partial charge in [0.1, 0.15) is 0 Å². The van der Waals surface area contributed by atoms with Crippen LogP contribution in [0.15, 0.2) is 23.1 Å². The third-order valence-electron chi connectivity index (χ3n) is 0.400. The van der Waals surface area contributed by atoms with Crippen LogP contribution in [0.2, 0.25) is 0 Å². The van der Waals surface area contributed by atoms with Crippen molar-refractivity contribution in [2.24, 2.45) is 0 Å². The molecule has 1 heteroatoms. The summed E-state index contributed by atoms with van der Waals surface area (Å²) in [5.41, 5.74) is 0. The normalized spacial score (nSPS) is 11.7. The molecule has 0 unspecified atom stereocenters. The van der Waals surface area contributed by atoms with Crippen LogP contribution in [0.25, 0.3) is 0 Å². The van der Waals surface area contributed by atoms with Crippen molar-refractivity contribution in [2.75, 3.05) is 0 Å². The molecule has 0 atom stereocenters. The Morgan fingerprint density at radius 1 is 1.33 bits per heavy atom. The molecule has 0 fully saturated rings. The maximum atomic E-state index is 2.00. The molecule has 0 aliphatic rings. The molecule has 0 N–H and O–H groups in total. The van der Waals surface area contributed by atoms with Crippen molar-refractivity contribution in [2.45, 2.75) is 6.92 Å². The summed E-state index contributed by atoms with van der Waals surface area (Å²) in [6.07, 6.45) is 6.00. The second-order valence-corrected chi connectivity index (χ2v) is 1.58. The number of allylic oxidation sites excluding steroid dienone is 3. The van der Waals surface area contributed by atoms with Crippen LogP contribution in [-0.2, 0) is 0 Å². The molecule has 0 aromatic heterocycles. The van der Waals surface area contributed by atoms with E-state index in [2.05, 4.69) is 0 Å². The number of hydrogen-bond acceptors (Lipinski definition) is 0. The third kappa shape index (κ3) is 4.02. The molecule has 0 heterocycles. The molecule has 0 aliphatic heterocycles. The molecule has 3 radical (unpaired) electrons. The zero-order valence-corrected chi connectivity index (χ0v) is 5.91. The van der Waals surface area contributed by atoms with E-state index in [1.165, 1.54) is 0 Å². The molecule has 0 rings (SSSR count). The molecule has 0 aromatic rings. The average molecular weight is 140 g/mol. The quantitative estimate of drug-likeness (QED) is 0.379. The molecular weight excluding hydrogens is 133 g/mol. The Balaban J connectivity index is 3.07. The summed E-state index contributed by atoms with van der Waals surface area (Å²) >= 11 is 2.00. The molecule has 31 valence electrons. The monoisotopic (exact) mass is 141 g/mol. The first-order valence-corrected chi connectivity index (χ1v) is 3.08. The summed E-state index contributed by atoms with van der Waals surface area (Å²) in [6.45, 7) is 2.00. The predicted molar refractivity (Wildman–Crippen MR) is 29.7 cm³/mol. The predicted octanol–water partition coefficient (Wildman–Crippen LogP) is 1.24. The summed E-state index contributed by atoms with van der Waals surface area (Å²) in [5.74, 6) is 0. The van der Waals surface area contributed by atoms with Gasteiger partial charge in [0.05, 0.1) is 0 Å². The van der Waals surface area contributed by atoms with Gasteiger partial charge in [0.25, 0.3) is 0 Å². The summed E-state index contributed by atoms with van der Waals surface area (Å²) in [7, 11) is 0. The van der Waals surface area contributed by atoms with Gasteiger partial charge in [0.2, 0.25) is 0 Å². The first-order chi connectivity index (χ1) is 2.91. The van der Waals surface area contributed by atoms with Gasteiger partial charge >= 0.3 is 46.6 Å². The van der Waals surface area contributed by atoms with E-state index in [0.717, 1.165) is 0 Å². The summed E-state index contributed by atoms with van der Waals surface area (Å²) in [6, 6.07) is 0. The SMILES string of the molecule is CC=CC=[CH][Ge]. The molecule has 0 aliphatic carbocycles. The van der Waals surface area contributed by atoms with Crippen molar-refractivity contribution in [1.82, 2.24) is 0 Å². The van der Waals surface area contributed by atoms with Crippen molar-refractivity contribution in [3.8, 4) is 0 Å². The van der Waals surface area contributed by atoms with Crippen LogP contribution in [0.3, 0.4) is 0 Å². The van der Waals surface area contributed by atoms with E-state index in [1.807, 2.05) is 46.6 Å². The fourth-order valence-electron chi connectivity index (χ4n) is 0.167. The van der Waals surface area contributed by atoms with Gasteiger partial charge in [-0.25, -0.2) is 0 Å². The fraction of sp³-hybridized carbons (Fsp3) is 0.200. The molecule has 0 saturated carbocycles. The van der Waals surface area contributed by atoms with E-state index in [4.69, 9.17) is 0 Å². The summed E-state index contributed by atoms with van der Waals surface area (Å²) < 4.78 is 0. The second kappa shape index (κ2) is 5.02. The maximum absolute atomic E-state index is 2.00. The van der Waals surface area contributed by atoms with Gasteiger partial charge in [-0.05, 0) is 0 Å². The van der Waals surface area contributed by atoms with E-state index in [0.29, 0.717) is 0 Å². The molecule has 0 bridgehead atoms. The van der Waals surface area contributed by atoms with Crippen LogP contribution in [0.4, 0.5) is 0 Å². The van der Waals surface area contributed by atoms with Gasteiger partial charge in [-0.3, -0.25) is 0 Å². The summed E-state index contributed by atoms with van der Waals surface area (Å²) in [4.78, 5) is 2.00.